The Kier molecular flexibility index (Phi) is 3.51. The van der Waals surface area contributed by atoms with E-state index in [4.69, 9.17) is 16.7 Å². The first-order chi connectivity index (χ1) is 7.29. The van der Waals surface area contributed by atoms with Crippen molar-refractivity contribution < 1.29 is 5.11 Å². The zero-order valence-electron chi connectivity index (χ0n) is 8.43. The highest BCUT2D eigenvalue weighted by atomic mass is 35.5. The minimum Gasteiger partial charge on any atom is -0.395 e. The van der Waals surface area contributed by atoms with Crippen molar-refractivity contribution in [2.45, 2.75) is 25.4 Å². The minimum atomic E-state index is 0.221. The van der Waals surface area contributed by atoms with Crippen molar-refractivity contribution in [3.63, 3.8) is 0 Å². The Morgan fingerprint density at radius 2 is 2.47 bits per heavy atom. The molecule has 1 fully saturated rings. The average molecular weight is 228 g/mol. The van der Waals surface area contributed by atoms with Crippen LogP contribution in [0.5, 0.6) is 0 Å². The van der Waals surface area contributed by atoms with Gasteiger partial charge >= 0.3 is 0 Å². The first kappa shape index (κ1) is 10.8. The van der Waals surface area contributed by atoms with E-state index in [0.717, 1.165) is 31.6 Å². The van der Waals surface area contributed by atoms with E-state index in [0.29, 0.717) is 0 Å². The summed E-state index contributed by atoms with van der Waals surface area (Å²) in [5, 5.41) is 9.45. The molecule has 0 amide bonds. The Bertz CT molecular complexity index is 334. The predicted octanol–water partition coefficient (Wildman–Crippen LogP) is 1.09. The first-order valence-corrected chi connectivity index (χ1v) is 5.49. The summed E-state index contributed by atoms with van der Waals surface area (Å²) in [6, 6.07) is 2.14. The summed E-state index contributed by atoms with van der Waals surface area (Å²) in [7, 11) is 0. The molecule has 2 rings (SSSR count). The van der Waals surface area contributed by atoms with Crippen LogP contribution < -0.4 is 0 Å². The van der Waals surface area contributed by atoms with E-state index < -0.39 is 0 Å². The number of hydrogen-bond acceptors (Lipinski definition) is 4. The van der Waals surface area contributed by atoms with Crippen molar-refractivity contribution in [3.8, 4) is 0 Å². The summed E-state index contributed by atoms with van der Waals surface area (Å²) in [4.78, 5) is 10.2. The van der Waals surface area contributed by atoms with Crippen LogP contribution >= 0.6 is 11.6 Å². The van der Waals surface area contributed by atoms with Crippen molar-refractivity contribution >= 4 is 11.6 Å². The average Bonchev–Trinajstić information content (AvgIpc) is 2.65. The molecule has 15 heavy (non-hydrogen) atoms. The fourth-order valence-corrected chi connectivity index (χ4v) is 2.14. The third-order valence-corrected chi connectivity index (χ3v) is 2.94. The lowest BCUT2D eigenvalue weighted by atomic mass is 10.2. The van der Waals surface area contributed by atoms with Gasteiger partial charge in [-0.15, -0.1) is 0 Å². The molecule has 5 heteroatoms. The monoisotopic (exact) mass is 227 g/mol. The maximum atomic E-state index is 9.17. The standard InChI is InChI=1S/C10H14ClN3O/c11-10-12-4-3-8(13-10)6-14-5-1-2-9(14)7-15/h3-4,9,15H,1-2,5-7H2/t9-/m1/s1. The maximum Gasteiger partial charge on any atom is 0.222 e. The van der Waals surface area contributed by atoms with Gasteiger partial charge in [0.25, 0.3) is 0 Å². The van der Waals surface area contributed by atoms with Crippen LogP contribution in [0.15, 0.2) is 12.3 Å². The second-order valence-corrected chi connectivity index (χ2v) is 4.10. The fourth-order valence-electron chi connectivity index (χ4n) is 1.98. The molecule has 0 radical (unpaired) electrons. The van der Waals surface area contributed by atoms with Gasteiger partial charge < -0.3 is 5.11 Å². The normalized spacial score (nSPS) is 22.1. The van der Waals surface area contributed by atoms with Crippen molar-refractivity contribution in [1.82, 2.24) is 14.9 Å². The van der Waals surface area contributed by atoms with E-state index in [1.807, 2.05) is 6.07 Å². The molecule has 1 saturated heterocycles. The molecule has 1 aliphatic heterocycles. The summed E-state index contributed by atoms with van der Waals surface area (Å²) in [6.07, 6.45) is 3.87. The molecule has 0 bridgehead atoms. The highest BCUT2D eigenvalue weighted by Crippen LogP contribution is 2.18. The van der Waals surface area contributed by atoms with Gasteiger partial charge in [0.05, 0.1) is 12.3 Å². The van der Waals surface area contributed by atoms with E-state index in [1.54, 1.807) is 6.20 Å². The van der Waals surface area contributed by atoms with Crippen molar-refractivity contribution in [2.24, 2.45) is 0 Å². The number of aliphatic hydroxyl groups is 1. The van der Waals surface area contributed by atoms with Gasteiger partial charge in [0, 0.05) is 18.8 Å². The fraction of sp³-hybridized carbons (Fsp3) is 0.600. The number of rotatable bonds is 3. The second-order valence-electron chi connectivity index (χ2n) is 3.77. The third-order valence-electron chi connectivity index (χ3n) is 2.76. The molecule has 4 nitrogen and oxygen atoms in total. The van der Waals surface area contributed by atoms with E-state index in [2.05, 4.69) is 14.9 Å². The predicted molar refractivity (Wildman–Crippen MR) is 57.6 cm³/mol. The Morgan fingerprint density at radius 3 is 3.20 bits per heavy atom. The minimum absolute atomic E-state index is 0.221. The molecule has 1 N–H and O–H groups in total. The summed E-state index contributed by atoms with van der Waals surface area (Å²) in [6.45, 7) is 1.99. The summed E-state index contributed by atoms with van der Waals surface area (Å²) in [5.41, 5.74) is 0.912. The van der Waals surface area contributed by atoms with E-state index >= 15 is 0 Å². The SMILES string of the molecule is OC[C@H]1CCCN1Cc1ccnc(Cl)n1. The van der Waals surface area contributed by atoms with Gasteiger partial charge in [-0.1, -0.05) is 0 Å². The zero-order valence-corrected chi connectivity index (χ0v) is 9.19. The number of nitrogens with zero attached hydrogens (tertiary/aromatic N) is 3. The lowest BCUT2D eigenvalue weighted by molar-refractivity contribution is 0.152. The Balaban J connectivity index is 2.02. The van der Waals surface area contributed by atoms with Crippen LogP contribution in [0.25, 0.3) is 0 Å². The lowest BCUT2D eigenvalue weighted by Gasteiger charge is -2.21. The number of halogens is 1. The van der Waals surface area contributed by atoms with Crippen LogP contribution in [0, 0.1) is 0 Å². The zero-order chi connectivity index (χ0) is 10.7. The van der Waals surface area contributed by atoms with Gasteiger partial charge in [-0.05, 0) is 37.1 Å². The van der Waals surface area contributed by atoms with Gasteiger partial charge in [-0.2, -0.15) is 0 Å². The molecule has 1 atom stereocenters. The van der Waals surface area contributed by atoms with Gasteiger partial charge in [-0.3, -0.25) is 4.90 Å². The molecule has 1 aromatic rings. The van der Waals surface area contributed by atoms with Crippen molar-refractivity contribution in [3.05, 3.63) is 23.2 Å². The molecular formula is C10H14ClN3O. The lowest BCUT2D eigenvalue weighted by Crippen LogP contribution is -2.31. The molecule has 0 aliphatic carbocycles. The third kappa shape index (κ3) is 2.65. The molecule has 1 aliphatic rings. The summed E-state index contributed by atoms with van der Waals surface area (Å²) in [5.74, 6) is 0. The van der Waals surface area contributed by atoms with Gasteiger partial charge in [-0.25, -0.2) is 9.97 Å². The Hall–Kier alpha value is -0.710. The van der Waals surface area contributed by atoms with Gasteiger partial charge in [0.2, 0.25) is 5.28 Å². The Morgan fingerprint density at radius 1 is 1.60 bits per heavy atom. The van der Waals surface area contributed by atoms with Crippen LogP contribution in [0.1, 0.15) is 18.5 Å². The van der Waals surface area contributed by atoms with Crippen molar-refractivity contribution in [1.29, 1.82) is 0 Å². The van der Waals surface area contributed by atoms with Crippen molar-refractivity contribution in [2.75, 3.05) is 13.2 Å². The van der Waals surface area contributed by atoms with Crippen LogP contribution in [0.4, 0.5) is 0 Å². The van der Waals surface area contributed by atoms with Crippen LogP contribution in [-0.4, -0.2) is 39.2 Å². The van der Waals surface area contributed by atoms with E-state index in [9.17, 15) is 0 Å². The van der Waals surface area contributed by atoms with Gasteiger partial charge in [0.1, 0.15) is 0 Å². The maximum absolute atomic E-state index is 9.17. The van der Waals surface area contributed by atoms with E-state index in [1.165, 1.54) is 0 Å². The smallest absolute Gasteiger partial charge is 0.222 e. The number of hydrogen-bond donors (Lipinski definition) is 1. The topological polar surface area (TPSA) is 49.2 Å². The Labute approximate surface area is 93.9 Å². The highest BCUT2D eigenvalue weighted by Gasteiger charge is 2.23. The number of aliphatic hydroxyl groups excluding tert-OH is 1. The molecular weight excluding hydrogens is 214 g/mol. The molecule has 82 valence electrons. The molecule has 0 aromatic carbocycles. The number of likely N-dealkylation sites (tertiary alicyclic amines) is 1. The van der Waals surface area contributed by atoms with E-state index in [-0.39, 0.29) is 17.9 Å². The number of aromatic nitrogens is 2. The quantitative estimate of drug-likeness (QED) is 0.786. The second kappa shape index (κ2) is 4.88. The molecule has 1 aromatic heterocycles. The summed E-state index contributed by atoms with van der Waals surface area (Å²) < 4.78 is 0. The van der Waals surface area contributed by atoms with Crippen LogP contribution in [0.3, 0.4) is 0 Å². The van der Waals surface area contributed by atoms with Gasteiger partial charge in [0.15, 0.2) is 0 Å². The largest absolute Gasteiger partial charge is 0.395 e. The molecule has 0 saturated carbocycles. The van der Waals surface area contributed by atoms with Crippen LogP contribution in [-0.2, 0) is 6.54 Å². The molecule has 0 unspecified atom stereocenters. The summed E-state index contributed by atoms with van der Waals surface area (Å²) >= 11 is 5.71. The van der Waals surface area contributed by atoms with Crippen LogP contribution in [0.2, 0.25) is 5.28 Å². The first-order valence-electron chi connectivity index (χ1n) is 5.12. The molecule has 0 spiro atoms. The molecule has 2 heterocycles. The highest BCUT2D eigenvalue weighted by molar-refractivity contribution is 6.28.